The van der Waals surface area contributed by atoms with Crippen LogP contribution in [0.4, 0.5) is 0 Å². The highest BCUT2D eigenvalue weighted by molar-refractivity contribution is 8.00. The standard InChI is InChI=1S/C22H21N5OS3/c28-20-18(12-6-7-13-23-20)30-21-26-25-19(27(21)15-8-2-1-3-9-15)14-29-22-24-16-10-4-5-11-17(16)31-22/h1-5,8-11,18H,6-7,12-14H2,(H,23,28). The fraction of sp³-hybridized carbons (Fsp3) is 0.273. The lowest BCUT2D eigenvalue weighted by molar-refractivity contribution is -0.120. The summed E-state index contributed by atoms with van der Waals surface area (Å²) in [5, 5.41) is 12.6. The number of fused-ring (bicyclic) bond motifs is 1. The van der Waals surface area contributed by atoms with Crippen LogP contribution in [0.2, 0.25) is 0 Å². The Bertz CT molecular complexity index is 1160. The van der Waals surface area contributed by atoms with E-state index in [4.69, 9.17) is 4.98 Å². The lowest BCUT2D eigenvalue weighted by Crippen LogP contribution is -2.30. The van der Waals surface area contributed by atoms with Gasteiger partial charge in [0.15, 0.2) is 9.50 Å². The number of para-hydroxylation sites is 2. The summed E-state index contributed by atoms with van der Waals surface area (Å²) in [4.78, 5) is 17.2. The van der Waals surface area contributed by atoms with Gasteiger partial charge in [-0.05, 0) is 37.1 Å². The van der Waals surface area contributed by atoms with Crippen LogP contribution >= 0.6 is 34.9 Å². The molecule has 1 saturated heterocycles. The van der Waals surface area contributed by atoms with Gasteiger partial charge in [0, 0.05) is 12.2 Å². The van der Waals surface area contributed by atoms with E-state index in [1.807, 2.05) is 48.5 Å². The topological polar surface area (TPSA) is 72.7 Å². The van der Waals surface area contributed by atoms with Crippen LogP contribution in [0.25, 0.3) is 15.9 Å². The molecule has 0 spiro atoms. The van der Waals surface area contributed by atoms with Crippen LogP contribution in [0.5, 0.6) is 0 Å². The van der Waals surface area contributed by atoms with Crippen molar-refractivity contribution in [1.82, 2.24) is 25.1 Å². The molecule has 0 aliphatic carbocycles. The molecule has 2 aromatic carbocycles. The molecule has 9 heteroatoms. The minimum absolute atomic E-state index is 0.0931. The molecule has 0 saturated carbocycles. The Morgan fingerprint density at radius 1 is 1.06 bits per heavy atom. The van der Waals surface area contributed by atoms with Gasteiger partial charge in [-0.15, -0.1) is 21.5 Å². The molecule has 31 heavy (non-hydrogen) atoms. The normalized spacial score (nSPS) is 16.9. The molecule has 1 N–H and O–H groups in total. The first-order chi connectivity index (χ1) is 15.3. The molecule has 1 fully saturated rings. The van der Waals surface area contributed by atoms with Crippen molar-refractivity contribution >= 4 is 51.0 Å². The van der Waals surface area contributed by atoms with Crippen LogP contribution < -0.4 is 5.32 Å². The maximum atomic E-state index is 12.5. The van der Waals surface area contributed by atoms with E-state index in [9.17, 15) is 4.79 Å². The van der Waals surface area contributed by atoms with E-state index in [0.717, 1.165) is 52.3 Å². The van der Waals surface area contributed by atoms with Crippen LogP contribution in [0.3, 0.4) is 0 Å². The zero-order valence-electron chi connectivity index (χ0n) is 16.7. The molecule has 6 nitrogen and oxygen atoms in total. The maximum Gasteiger partial charge on any atom is 0.233 e. The van der Waals surface area contributed by atoms with E-state index < -0.39 is 0 Å². The van der Waals surface area contributed by atoms with Gasteiger partial charge < -0.3 is 5.32 Å². The number of amides is 1. The minimum atomic E-state index is -0.140. The first kappa shape index (κ1) is 20.5. The largest absolute Gasteiger partial charge is 0.355 e. The number of thioether (sulfide) groups is 2. The van der Waals surface area contributed by atoms with E-state index in [2.05, 4.69) is 26.1 Å². The molecule has 3 heterocycles. The molecule has 0 radical (unpaired) electrons. The van der Waals surface area contributed by atoms with Crippen molar-refractivity contribution in [1.29, 1.82) is 0 Å². The van der Waals surface area contributed by atoms with Crippen LogP contribution in [0.15, 0.2) is 64.1 Å². The summed E-state index contributed by atoms with van der Waals surface area (Å²) < 4.78 is 4.27. The molecule has 1 amide bonds. The first-order valence-corrected chi connectivity index (χ1v) is 12.9. The smallest absolute Gasteiger partial charge is 0.233 e. The summed E-state index contributed by atoms with van der Waals surface area (Å²) >= 11 is 4.87. The van der Waals surface area contributed by atoms with E-state index in [0.29, 0.717) is 5.75 Å². The molecule has 4 aromatic rings. The predicted molar refractivity (Wildman–Crippen MR) is 127 cm³/mol. The van der Waals surface area contributed by atoms with Crippen molar-refractivity contribution in [3.8, 4) is 5.69 Å². The van der Waals surface area contributed by atoms with Crippen molar-refractivity contribution < 1.29 is 4.79 Å². The summed E-state index contributed by atoms with van der Waals surface area (Å²) in [6.07, 6.45) is 2.92. The second-order valence-electron chi connectivity index (χ2n) is 7.20. The SMILES string of the molecule is O=C1NCCCCC1Sc1nnc(CSc2nc3ccccc3s2)n1-c1ccccc1. The van der Waals surface area contributed by atoms with Crippen molar-refractivity contribution in [3.63, 3.8) is 0 Å². The molecule has 1 aliphatic heterocycles. The molecule has 1 aliphatic rings. The van der Waals surface area contributed by atoms with Crippen molar-refractivity contribution in [2.45, 2.75) is 39.8 Å². The summed E-state index contributed by atoms with van der Waals surface area (Å²) in [6, 6.07) is 18.3. The Morgan fingerprint density at radius 3 is 2.77 bits per heavy atom. The average molecular weight is 468 g/mol. The zero-order chi connectivity index (χ0) is 21.0. The van der Waals surface area contributed by atoms with Gasteiger partial charge in [-0.3, -0.25) is 9.36 Å². The summed E-state index contributed by atoms with van der Waals surface area (Å²) in [5.74, 6) is 1.60. The molecule has 5 rings (SSSR count). The second kappa shape index (κ2) is 9.42. The fourth-order valence-corrected chi connectivity index (χ4v) is 6.61. The second-order valence-corrected chi connectivity index (χ2v) is 10.6. The monoisotopic (exact) mass is 467 g/mol. The number of carbonyl (C=O) groups excluding carboxylic acids is 1. The highest BCUT2D eigenvalue weighted by Crippen LogP contribution is 2.34. The third-order valence-electron chi connectivity index (χ3n) is 5.05. The summed E-state index contributed by atoms with van der Waals surface area (Å²) in [5.41, 5.74) is 2.03. The third kappa shape index (κ3) is 4.63. The first-order valence-electron chi connectivity index (χ1n) is 10.2. The van der Waals surface area contributed by atoms with E-state index >= 15 is 0 Å². The van der Waals surface area contributed by atoms with Gasteiger partial charge in [-0.25, -0.2) is 4.98 Å². The van der Waals surface area contributed by atoms with Gasteiger partial charge in [0.05, 0.1) is 21.2 Å². The van der Waals surface area contributed by atoms with Gasteiger partial charge >= 0.3 is 0 Å². The lowest BCUT2D eigenvalue weighted by atomic mass is 10.2. The van der Waals surface area contributed by atoms with Gasteiger partial charge in [0.2, 0.25) is 5.91 Å². The van der Waals surface area contributed by atoms with Gasteiger partial charge in [0.1, 0.15) is 5.82 Å². The molecule has 1 atom stereocenters. The lowest BCUT2D eigenvalue weighted by Gasteiger charge is -2.14. The maximum absolute atomic E-state index is 12.5. The number of hydrogen-bond acceptors (Lipinski definition) is 7. The molecular weight excluding hydrogens is 446 g/mol. The summed E-state index contributed by atoms with van der Waals surface area (Å²) in [6.45, 7) is 0.755. The third-order valence-corrected chi connectivity index (χ3v) is 8.43. The van der Waals surface area contributed by atoms with Crippen LogP contribution in [0.1, 0.15) is 25.1 Å². The van der Waals surface area contributed by atoms with Crippen molar-refractivity contribution in [3.05, 3.63) is 60.4 Å². The predicted octanol–water partition coefficient (Wildman–Crippen LogP) is 4.93. The fourth-order valence-electron chi connectivity index (χ4n) is 3.50. The molecule has 158 valence electrons. The average Bonchev–Trinajstić information content (AvgIpc) is 3.34. The number of aromatic nitrogens is 4. The van der Waals surface area contributed by atoms with Crippen LogP contribution in [0, 0.1) is 0 Å². The Balaban J connectivity index is 1.42. The Hall–Kier alpha value is -2.36. The molecule has 0 bridgehead atoms. The number of carbonyl (C=O) groups is 1. The number of rotatable bonds is 6. The quantitative estimate of drug-likeness (QED) is 0.405. The van der Waals surface area contributed by atoms with Crippen molar-refractivity contribution in [2.24, 2.45) is 0 Å². The Morgan fingerprint density at radius 2 is 1.90 bits per heavy atom. The molecule has 1 unspecified atom stereocenters. The van der Waals surface area contributed by atoms with Gasteiger partial charge in [0.25, 0.3) is 0 Å². The Labute approximate surface area is 192 Å². The number of thiazole rings is 1. The van der Waals surface area contributed by atoms with Crippen molar-refractivity contribution in [2.75, 3.05) is 6.54 Å². The van der Waals surface area contributed by atoms with Crippen LogP contribution in [-0.2, 0) is 10.5 Å². The summed E-state index contributed by atoms with van der Waals surface area (Å²) in [7, 11) is 0. The minimum Gasteiger partial charge on any atom is -0.355 e. The van der Waals surface area contributed by atoms with E-state index in [1.54, 1.807) is 23.1 Å². The molecule has 2 aromatic heterocycles. The number of nitrogens with zero attached hydrogens (tertiary/aromatic N) is 4. The van der Waals surface area contributed by atoms with Gasteiger partial charge in [-0.1, -0.05) is 60.3 Å². The van der Waals surface area contributed by atoms with Gasteiger partial charge in [-0.2, -0.15) is 0 Å². The Kier molecular flexibility index (Phi) is 6.24. The van der Waals surface area contributed by atoms with E-state index in [-0.39, 0.29) is 11.2 Å². The molecular formula is C22H21N5OS3. The van der Waals surface area contributed by atoms with E-state index in [1.165, 1.54) is 16.5 Å². The number of benzene rings is 2. The highest BCUT2D eigenvalue weighted by Gasteiger charge is 2.25. The number of hydrogen-bond donors (Lipinski definition) is 1. The highest BCUT2D eigenvalue weighted by atomic mass is 32.2. The van der Waals surface area contributed by atoms with Crippen LogP contribution in [-0.4, -0.2) is 37.5 Å². The number of nitrogens with one attached hydrogen (secondary N) is 1. The zero-order valence-corrected chi connectivity index (χ0v) is 19.2.